The van der Waals surface area contributed by atoms with E-state index < -0.39 is 0 Å². The first-order chi connectivity index (χ1) is 8.75. The predicted molar refractivity (Wildman–Crippen MR) is 68.9 cm³/mol. The summed E-state index contributed by atoms with van der Waals surface area (Å²) in [6.45, 7) is 1.11. The van der Waals surface area contributed by atoms with Crippen LogP contribution in [0.2, 0.25) is 0 Å². The highest BCUT2D eigenvalue weighted by atomic mass is 16.2. The van der Waals surface area contributed by atoms with Crippen LogP contribution in [0.4, 0.5) is 0 Å². The van der Waals surface area contributed by atoms with Crippen LogP contribution in [-0.2, 0) is 16.0 Å². The SMILES string of the molecule is O=C1CCC(C(=O)NCCc2ccccc2)CN1. The van der Waals surface area contributed by atoms with Crippen LogP contribution in [0.5, 0.6) is 0 Å². The molecule has 1 saturated heterocycles. The third-order valence-corrected chi connectivity index (χ3v) is 3.19. The third kappa shape index (κ3) is 3.58. The number of piperidine rings is 1. The Morgan fingerprint density at radius 1 is 1.33 bits per heavy atom. The number of benzene rings is 1. The second kappa shape index (κ2) is 6.19. The maximum atomic E-state index is 11.8. The van der Waals surface area contributed by atoms with Crippen LogP contribution < -0.4 is 10.6 Å². The number of rotatable bonds is 4. The van der Waals surface area contributed by atoms with Crippen molar-refractivity contribution in [3.63, 3.8) is 0 Å². The van der Waals surface area contributed by atoms with Crippen LogP contribution >= 0.6 is 0 Å². The van der Waals surface area contributed by atoms with E-state index in [-0.39, 0.29) is 17.7 Å². The van der Waals surface area contributed by atoms with Crippen molar-refractivity contribution in [2.45, 2.75) is 19.3 Å². The molecular formula is C14H18N2O2. The summed E-state index contributed by atoms with van der Waals surface area (Å²) in [4.78, 5) is 22.8. The van der Waals surface area contributed by atoms with Gasteiger partial charge in [-0.2, -0.15) is 0 Å². The van der Waals surface area contributed by atoms with Crippen LogP contribution in [0.15, 0.2) is 30.3 Å². The van der Waals surface area contributed by atoms with E-state index >= 15 is 0 Å². The molecule has 1 aliphatic rings. The second-order valence-electron chi connectivity index (χ2n) is 4.57. The minimum Gasteiger partial charge on any atom is -0.355 e. The first kappa shape index (κ1) is 12.6. The fourth-order valence-electron chi connectivity index (χ4n) is 2.08. The Kier molecular flexibility index (Phi) is 4.34. The lowest BCUT2D eigenvalue weighted by molar-refractivity contribution is -0.128. The highest BCUT2D eigenvalue weighted by molar-refractivity contribution is 5.83. The van der Waals surface area contributed by atoms with Gasteiger partial charge in [0.2, 0.25) is 11.8 Å². The van der Waals surface area contributed by atoms with E-state index in [0.29, 0.717) is 25.9 Å². The first-order valence-corrected chi connectivity index (χ1v) is 6.34. The van der Waals surface area contributed by atoms with Crippen molar-refractivity contribution in [3.8, 4) is 0 Å². The van der Waals surface area contributed by atoms with E-state index in [1.807, 2.05) is 30.3 Å². The Balaban J connectivity index is 1.70. The van der Waals surface area contributed by atoms with E-state index in [0.717, 1.165) is 6.42 Å². The molecule has 0 aliphatic carbocycles. The average Bonchev–Trinajstić information content (AvgIpc) is 2.40. The van der Waals surface area contributed by atoms with Crippen molar-refractivity contribution in [2.24, 2.45) is 5.92 Å². The van der Waals surface area contributed by atoms with Gasteiger partial charge in [-0.3, -0.25) is 9.59 Å². The van der Waals surface area contributed by atoms with Crippen molar-refractivity contribution >= 4 is 11.8 Å². The Hall–Kier alpha value is -1.84. The molecule has 4 nitrogen and oxygen atoms in total. The number of amides is 2. The second-order valence-corrected chi connectivity index (χ2v) is 4.57. The molecular weight excluding hydrogens is 228 g/mol. The fraction of sp³-hybridized carbons (Fsp3) is 0.429. The van der Waals surface area contributed by atoms with E-state index in [1.165, 1.54) is 5.56 Å². The van der Waals surface area contributed by atoms with Crippen LogP contribution in [-0.4, -0.2) is 24.9 Å². The highest BCUT2D eigenvalue weighted by Crippen LogP contribution is 2.10. The molecule has 2 rings (SSSR count). The summed E-state index contributed by atoms with van der Waals surface area (Å²) in [6.07, 6.45) is 1.95. The normalized spacial score (nSPS) is 19.1. The maximum absolute atomic E-state index is 11.8. The van der Waals surface area contributed by atoms with Crippen LogP contribution in [0.25, 0.3) is 0 Å². The van der Waals surface area contributed by atoms with Crippen molar-refractivity contribution in [2.75, 3.05) is 13.1 Å². The molecule has 1 aromatic carbocycles. The minimum absolute atomic E-state index is 0.0448. The molecule has 0 radical (unpaired) electrons. The molecule has 2 N–H and O–H groups in total. The number of nitrogens with one attached hydrogen (secondary N) is 2. The summed E-state index contributed by atoms with van der Waals surface area (Å²) >= 11 is 0. The van der Waals surface area contributed by atoms with Crippen molar-refractivity contribution in [1.29, 1.82) is 0 Å². The molecule has 2 amide bonds. The molecule has 0 bridgehead atoms. The summed E-state index contributed by atoms with van der Waals surface area (Å²) in [5, 5.41) is 5.65. The lowest BCUT2D eigenvalue weighted by Gasteiger charge is -2.21. The Morgan fingerprint density at radius 3 is 2.78 bits per heavy atom. The van der Waals surface area contributed by atoms with Gasteiger partial charge in [0.25, 0.3) is 0 Å². The number of hydrogen-bond acceptors (Lipinski definition) is 2. The van der Waals surface area contributed by atoms with E-state index in [2.05, 4.69) is 10.6 Å². The smallest absolute Gasteiger partial charge is 0.224 e. The maximum Gasteiger partial charge on any atom is 0.224 e. The summed E-state index contributed by atoms with van der Waals surface area (Å²) in [5.74, 6) is 0.0211. The largest absolute Gasteiger partial charge is 0.355 e. The first-order valence-electron chi connectivity index (χ1n) is 6.34. The van der Waals surface area contributed by atoms with Gasteiger partial charge in [-0.1, -0.05) is 30.3 Å². The van der Waals surface area contributed by atoms with E-state index in [9.17, 15) is 9.59 Å². The van der Waals surface area contributed by atoms with Crippen molar-refractivity contribution in [3.05, 3.63) is 35.9 Å². The zero-order chi connectivity index (χ0) is 12.8. The summed E-state index contributed by atoms with van der Waals surface area (Å²) < 4.78 is 0. The molecule has 4 heteroatoms. The molecule has 1 heterocycles. The van der Waals surface area contributed by atoms with E-state index in [4.69, 9.17) is 0 Å². The molecule has 1 aromatic rings. The monoisotopic (exact) mass is 246 g/mol. The molecule has 0 saturated carbocycles. The van der Waals surface area contributed by atoms with Crippen LogP contribution in [0.3, 0.4) is 0 Å². The van der Waals surface area contributed by atoms with Gasteiger partial charge in [-0.05, 0) is 18.4 Å². The summed E-state index contributed by atoms with van der Waals surface area (Å²) in [5.41, 5.74) is 1.22. The van der Waals surface area contributed by atoms with E-state index in [1.54, 1.807) is 0 Å². The molecule has 1 fully saturated rings. The van der Waals surface area contributed by atoms with Gasteiger partial charge in [0, 0.05) is 19.5 Å². The highest BCUT2D eigenvalue weighted by Gasteiger charge is 2.23. The topological polar surface area (TPSA) is 58.2 Å². The third-order valence-electron chi connectivity index (χ3n) is 3.19. The molecule has 1 aliphatic heterocycles. The molecule has 1 atom stereocenters. The minimum atomic E-state index is -0.0709. The Labute approximate surface area is 107 Å². The summed E-state index contributed by atoms with van der Waals surface area (Å²) in [6, 6.07) is 10.1. The van der Waals surface area contributed by atoms with Gasteiger partial charge in [-0.25, -0.2) is 0 Å². The van der Waals surface area contributed by atoms with Crippen molar-refractivity contribution < 1.29 is 9.59 Å². The average molecular weight is 246 g/mol. The standard InChI is InChI=1S/C14H18N2O2/c17-13-7-6-12(10-16-13)14(18)15-9-8-11-4-2-1-3-5-11/h1-5,12H,6-10H2,(H,15,18)(H,16,17). The molecule has 96 valence electrons. The van der Waals surface area contributed by atoms with Gasteiger partial charge in [0.05, 0.1) is 5.92 Å². The number of carbonyl (C=O) groups excluding carboxylic acids is 2. The predicted octanol–water partition coefficient (Wildman–Crippen LogP) is 0.871. The molecule has 18 heavy (non-hydrogen) atoms. The van der Waals surface area contributed by atoms with Gasteiger partial charge in [0.1, 0.15) is 0 Å². The van der Waals surface area contributed by atoms with Gasteiger partial charge >= 0.3 is 0 Å². The quantitative estimate of drug-likeness (QED) is 0.828. The van der Waals surface area contributed by atoms with Gasteiger partial charge in [-0.15, -0.1) is 0 Å². The fourth-order valence-corrected chi connectivity index (χ4v) is 2.08. The van der Waals surface area contributed by atoms with Crippen LogP contribution in [0, 0.1) is 5.92 Å². The van der Waals surface area contributed by atoms with Gasteiger partial charge in [0.15, 0.2) is 0 Å². The van der Waals surface area contributed by atoms with Gasteiger partial charge < -0.3 is 10.6 Å². The Morgan fingerprint density at radius 2 is 2.11 bits per heavy atom. The Bertz CT molecular complexity index is 407. The molecule has 1 unspecified atom stereocenters. The lowest BCUT2D eigenvalue weighted by Crippen LogP contribution is -2.43. The summed E-state index contributed by atoms with van der Waals surface area (Å²) in [7, 11) is 0. The molecule has 0 aromatic heterocycles. The lowest BCUT2D eigenvalue weighted by atomic mass is 9.98. The molecule has 0 spiro atoms. The number of carbonyl (C=O) groups is 2. The zero-order valence-electron chi connectivity index (χ0n) is 10.3. The zero-order valence-corrected chi connectivity index (χ0v) is 10.3. The van der Waals surface area contributed by atoms with Crippen LogP contribution in [0.1, 0.15) is 18.4 Å². The number of hydrogen-bond donors (Lipinski definition) is 2. The van der Waals surface area contributed by atoms with Crippen molar-refractivity contribution in [1.82, 2.24) is 10.6 Å².